The lowest BCUT2D eigenvalue weighted by atomic mass is 10.0. The van der Waals surface area contributed by atoms with Crippen molar-refractivity contribution in [1.82, 2.24) is 14.9 Å². The molecule has 0 unspecified atom stereocenters. The molecule has 0 spiro atoms. The van der Waals surface area contributed by atoms with Crippen LogP contribution in [0.25, 0.3) is 22.0 Å². The highest BCUT2D eigenvalue weighted by atomic mass is 32.2. The first-order valence-corrected chi connectivity index (χ1v) is 15.0. The quantitative estimate of drug-likeness (QED) is 0.307. The third-order valence-electron chi connectivity index (χ3n) is 6.80. The first-order valence-electron chi connectivity index (χ1n) is 13.5. The van der Waals surface area contributed by atoms with Crippen LogP contribution in [0.4, 0.5) is 25.0 Å². The van der Waals surface area contributed by atoms with Crippen molar-refractivity contribution in [3.8, 4) is 17.0 Å². The van der Waals surface area contributed by atoms with Crippen LogP contribution in [0.1, 0.15) is 20.8 Å². The van der Waals surface area contributed by atoms with E-state index in [4.69, 9.17) is 9.47 Å². The van der Waals surface area contributed by atoms with Crippen LogP contribution in [0.15, 0.2) is 65.8 Å². The number of pyridine rings is 2. The Morgan fingerprint density at radius 2 is 1.70 bits per heavy atom. The van der Waals surface area contributed by atoms with Crippen molar-refractivity contribution in [2.45, 2.75) is 31.3 Å². The smallest absolute Gasteiger partial charge is 0.410 e. The summed E-state index contributed by atoms with van der Waals surface area (Å²) in [4.78, 5) is 24.4. The van der Waals surface area contributed by atoms with E-state index in [-0.39, 0.29) is 17.7 Å². The summed E-state index contributed by atoms with van der Waals surface area (Å²) in [6.07, 6.45) is 2.93. The molecule has 1 amide bonds. The largest absolute Gasteiger partial charge is 0.480 e. The molecule has 226 valence electrons. The minimum Gasteiger partial charge on any atom is -0.480 e. The number of sulfonamides is 1. The summed E-state index contributed by atoms with van der Waals surface area (Å²) in [6.45, 7) is 7.70. The molecule has 10 nitrogen and oxygen atoms in total. The summed E-state index contributed by atoms with van der Waals surface area (Å²) in [6, 6.07) is 11.3. The van der Waals surface area contributed by atoms with Gasteiger partial charge in [0.1, 0.15) is 27.8 Å². The van der Waals surface area contributed by atoms with Crippen LogP contribution in [0.2, 0.25) is 0 Å². The minimum absolute atomic E-state index is 0.0199. The highest BCUT2D eigenvalue weighted by Crippen LogP contribution is 2.34. The van der Waals surface area contributed by atoms with Crippen LogP contribution in [-0.2, 0) is 14.8 Å². The fourth-order valence-corrected chi connectivity index (χ4v) is 5.89. The Bertz CT molecular complexity index is 1790. The van der Waals surface area contributed by atoms with Crippen molar-refractivity contribution >= 4 is 38.4 Å². The van der Waals surface area contributed by atoms with Crippen molar-refractivity contribution in [3.05, 3.63) is 72.6 Å². The number of benzene rings is 2. The first kappa shape index (κ1) is 30.0. The monoisotopic (exact) mass is 611 g/mol. The van der Waals surface area contributed by atoms with E-state index >= 15 is 0 Å². The van der Waals surface area contributed by atoms with Crippen molar-refractivity contribution in [2.24, 2.45) is 0 Å². The zero-order valence-electron chi connectivity index (χ0n) is 24.1. The number of piperazine rings is 1. The molecule has 1 aliphatic rings. The standard InChI is InChI=1S/C30H31F2N5O5S/c1-30(2,3)42-29(38)37-13-11-36(12-14-37)26-9-10-33-24-7-5-19(15-22(24)26)20-16-25(28(41-4)34-18-20)35-43(39,40)27-8-6-21(31)17-23(27)32/h5-10,15-18,35H,11-14H2,1-4H3. The number of methoxy groups -OCH3 is 1. The van der Waals surface area contributed by atoms with Gasteiger partial charge in [-0.15, -0.1) is 0 Å². The average Bonchev–Trinajstić information content (AvgIpc) is 2.95. The second-order valence-corrected chi connectivity index (χ2v) is 12.6. The van der Waals surface area contributed by atoms with Gasteiger partial charge in [0.15, 0.2) is 0 Å². The molecule has 1 aliphatic heterocycles. The molecule has 4 aromatic rings. The zero-order valence-corrected chi connectivity index (χ0v) is 24.9. The molecule has 0 saturated carbocycles. The molecule has 2 aromatic heterocycles. The van der Waals surface area contributed by atoms with E-state index in [1.165, 1.54) is 19.4 Å². The lowest BCUT2D eigenvalue weighted by Crippen LogP contribution is -2.50. The number of carbonyl (C=O) groups excluding carboxylic acids is 1. The second kappa shape index (κ2) is 11.6. The number of fused-ring (bicyclic) bond motifs is 1. The van der Waals surface area contributed by atoms with E-state index < -0.39 is 32.2 Å². The number of aromatic nitrogens is 2. The number of amides is 1. The number of hydrogen-bond donors (Lipinski definition) is 1. The number of halogens is 2. The van der Waals surface area contributed by atoms with Crippen molar-refractivity contribution in [1.29, 1.82) is 0 Å². The minimum atomic E-state index is -4.43. The number of hydrogen-bond acceptors (Lipinski definition) is 8. The molecule has 0 atom stereocenters. The molecule has 43 heavy (non-hydrogen) atoms. The van der Waals surface area contributed by atoms with E-state index in [0.717, 1.165) is 34.3 Å². The Kier molecular flexibility index (Phi) is 8.10. The van der Waals surface area contributed by atoms with Gasteiger partial charge in [-0.1, -0.05) is 6.07 Å². The van der Waals surface area contributed by atoms with Gasteiger partial charge in [-0.2, -0.15) is 0 Å². The maximum absolute atomic E-state index is 14.3. The van der Waals surface area contributed by atoms with Crippen molar-refractivity contribution in [3.63, 3.8) is 0 Å². The highest BCUT2D eigenvalue weighted by Gasteiger charge is 2.27. The Hall–Kier alpha value is -4.52. The summed E-state index contributed by atoms with van der Waals surface area (Å²) in [5.74, 6) is -2.15. The summed E-state index contributed by atoms with van der Waals surface area (Å²) in [5.41, 5.74) is 2.38. The van der Waals surface area contributed by atoms with Gasteiger partial charge >= 0.3 is 6.09 Å². The number of ether oxygens (including phenoxy) is 2. The predicted molar refractivity (Wildman–Crippen MR) is 159 cm³/mol. The topological polar surface area (TPSA) is 114 Å². The molecular formula is C30H31F2N5O5S. The molecule has 0 bridgehead atoms. The van der Waals surface area contributed by atoms with Gasteiger partial charge in [0.05, 0.1) is 12.6 Å². The lowest BCUT2D eigenvalue weighted by Gasteiger charge is -2.37. The van der Waals surface area contributed by atoms with Crippen LogP contribution in [0, 0.1) is 11.6 Å². The number of rotatable bonds is 6. The number of nitrogens with one attached hydrogen (secondary N) is 1. The van der Waals surface area contributed by atoms with E-state index in [2.05, 4.69) is 19.6 Å². The number of anilines is 2. The van der Waals surface area contributed by atoms with Gasteiger partial charge in [0, 0.05) is 61.3 Å². The van der Waals surface area contributed by atoms with E-state index in [0.29, 0.717) is 37.8 Å². The Morgan fingerprint density at radius 3 is 2.37 bits per heavy atom. The molecule has 13 heteroatoms. The van der Waals surface area contributed by atoms with E-state index in [1.807, 2.05) is 45.0 Å². The third-order valence-corrected chi connectivity index (χ3v) is 8.19. The maximum Gasteiger partial charge on any atom is 0.410 e. The average molecular weight is 612 g/mol. The Balaban J connectivity index is 1.43. The van der Waals surface area contributed by atoms with Crippen molar-refractivity contribution in [2.75, 3.05) is 42.9 Å². The molecular weight excluding hydrogens is 580 g/mol. The molecule has 0 radical (unpaired) electrons. The van der Waals surface area contributed by atoms with Gasteiger partial charge in [-0.05, 0) is 62.7 Å². The molecule has 3 heterocycles. The van der Waals surface area contributed by atoms with Gasteiger partial charge in [0.25, 0.3) is 10.0 Å². The molecule has 0 aliphatic carbocycles. The Morgan fingerprint density at radius 1 is 0.953 bits per heavy atom. The molecule has 1 N–H and O–H groups in total. The van der Waals surface area contributed by atoms with Gasteiger partial charge < -0.3 is 19.3 Å². The zero-order chi connectivity index (χ0) is 30.9. The maximum atomic E-state index is 14.3. The lowest BCUT2D eigenvalue weighted by molar-refractivity contribution is 0.0240. The summed E-state index contributed by atoms with van der Waals surface area (Å²) >= 11 is 0. The van der Waals surface area contributed by atoms with Gasteiger partial charge in [-0.3, -0.25) is 9.71 Å². The highest BCUT2D eigenvalue weighted by molar-refractivity contribution is 7.92. The van der Waals surface area contributed by atoms with Crippen LogP contribution >= 0.6 is 0 Å². The number of nitrogens with zero attached hydrogens (tertiary/aromatic N) is 4. The van der Waals surface area contributed by atoms with E-state index in [9.17, 15) is 22.0 Å². The first-order chi connectivity index (χ1) is 20.3. The molecule has 1 saturated heterocycles. The third kappa shape index (κ3) is 6.61. The van der Waals surface area contributed by atoms with Crippen LogP contribution < -0.4 is 14.4 Å². The normalized spacial score (nSPS) is 14.1. The van der Waals surface area contributed by atoms with Crippen molar-refractivity contribution < 1.29 is 31.5 Å². The second-order valence-electron chi connectivity index (χ2n) is 11.0. The molecule has 2 aromatic carbocycles. The predicted octanol–water partition coefficient (Wildman–Crippen LogP) is 5.44. The Labute approximate surface area is 248 Å². The fraction of sp³-hybridized carbons (Fsp3) is 0.300. The van der Waals surface area contributed by atoms with Crippen LogP contribution in [-0.4, -0.2) is 68.3 Å². The van der Waals surface area contributed by atoms with Crippen LogP contribution in [0.3, 0.4) is 0 Å². The summed E-state index contributed by atoms with van der Waals surface area (Å²) < 4.78 is 66.7. The summed E-state index contributed by atoms with van der Waals surface area (Å²) in [5, 5.41) is 0.858. The van der Waals surface area contributed by atoms with Crippen LogP contribution in [0.5, 0.6) is 5.88 Å². The SMILES string of the molecule is COc1ncc(-c2ccc3nccc(N4CCN(C(=O)OC(C)(C)C)CC4)c3c2)cc1NS(=O)(=O)c1ccc(F)cc1F. The molecule has 1 fully saturated rings. The number of carbonyl (C=O) groups is 1. The molecule has 5 rings (SSSR count). The van der Waals surface area contributed by atoms with E-state index in [1.54, 1.807) is 11.1 Å². The van der Waals surface area contributed by atoms with Gasteiger partial charge in [0.2, 0.25) is 5.88 Å². The summed E-state index contributed by atoms with van der Waals surface area (Å²) in [7, 11) is -3.11. The fourth-order valence-electron chi connectivity index (χ4n) is 4.78. The van der Waals surface area contributed by atoms with Gasteiger partial charge in [-0.25, -0.2) is 27.0 Å².